The van der Waals surface area contributed by atoms with Crippen molar-refractivity contribution >= 4 is 28.4 Å². The van der Waals surface area contributed by atoms with Gasteiger partial charge in [0.15, 0.2) is 23.1 Å². The summed E-state index contributed by atoms with van der Waals surface area (Å²) in [5.41, 5.74) is 2.52. The maximum atomic E-state index is 15.0. The number of benzene rings is 1. The number of carbonyl (C=O) groups is 1. The Bertz CT molecular complexity index is 1120. The number of methoxy groups -OCH3 is 2. The molecule has 1 aliphatic heterocycles. The lowest BCUT2D eigenvalue weighted by Gasteiger charge is -2.35. The molecular formula is C21H22F2N4O3. The van der Waals surface area contributed by atoms with E-state index in [1.54, 1.807) is 13.2 Å². The molecule has 3 aromatic rings. The lowest BCUT2D eigenvalue weighted by Crippen LogP contribution is -2.46. The quantitative estimate of drug-likeness (QED) is 0.670. The van der Waals surface area contributed by atoms with Gasteiger partial charge in [0.1, 0.15) is 11.3 Å². The van der Waals surface area contributed by atoms with Crippen molar-refractivity contribution in [3.05, 3.63) is 41.2 Å². The number of hydrogen-bond donors (Lipinski definition) is 1. The number of amides is 2. The number of halogens is 2. The summed E-state index contributed by atoms with van der Waals surface area (Å²) in [6, 6.07) is 2.52. The molecule has 0 saturated carbocycles. The number of urea groups is 1. The Labute approximate surface area is 172 Å². The third-order valence-corrected chi connectivity index (χ3v) is 5.28. The second-order valence-corrected chi connectivity index (χ2v) is 7.12. The zero-order valence-corrected chi connectivity index (χ0v) is 17.2. The number of carbonyl (C=O) groups excluding carboxylic acids is 1. The van der Waals surface area contributed by atoms with E-state index in [0.717, 1.165) is 34.9 Å². The third kappa shape index (κ3) is 2.92. The highest BCUT2D eigenvalue weighted by Crippen LogP contribution is 2.42. The predicted molar refractivity (Wildman–Crippen MR) is 110 cm³/mol. The second-order valence-electron chi connectivity index (χ2n) is 7.12. The summed E-state index contributed by atoms with van der Waals surface area (Å²) in [7, 11) is 4.10. The Morgan fingerprint density at radius 2 is 1.80 bits per heavy atom. The summed E-state index contributed by atoms with van der Waals surface area (Å²) in [5, 5.41) is 0.801. The van der Waals surface area contributed by atoms with Crippen LogP contribution in [0.3, 0.4) is 0 Å². The van der Waals surface area contributed by atoms with Crippen LogP contribution in [0.15, 0.2) is 18.3 Å². The van der Waals surface area contributed by atoms with Crippen LogP contribution in [0.2, 0.25) is 0 Å². The molecule has 2 amide bonds. The molecule has 2 aromatic heterocycles. The van der Waals surface area contributed by atoms with Gasteiger partial charge in [-0.1, -0.05) is 13.3 Å². The Balaban J connectivity index is 1.86. The third-order valence-electron chi connectivity index (χ3n) is 5.28. The van der Waals surface area contributed by atoms with Gasteiger partial charge in [0.05, 0.1) is 26.5 Å². The Morgan fingerprint density at radius 3 is 2.40 bits per heavy atom. The Morgan fingerprint density at radius 1 is 1.13 bits per heavy atom. The van der Waals surface area contributed by atoms with Crippen molar-refractivity contribution in [1.29, 1.82) is 0 Å². The number of nitrogens with one attached hydrogen (secondary N) is 1. The lowest BCUT2D eigenvalue weighted by molar-refractivity contribution is 0.250. The molecule has 0 aliphatic carbocycles. The minimum atomic E-state index is -0.970. The smallest absolute Gasteiger partial charge is 0.329 e. The molecule has 0 radical (unpaired) electrons. The van der Waals surface area contributed by atoms with Gasteiger partial charge in [-0.2, -0.15) is 0 Å². The van der Waals surface area contributed by atoms with Crippen molar-refractivity contribution in [2.24, 2.45) is 0 Å². The highest BCUT2D eigenvalue weighted by Gasteiger charge is 2.36. The van der Waals surface area contributed by atoms with E-state index in [4.69, 9.17) is 9.47 Å². The zero-order valence-electron chi connectivity index (χ0n) is 17.2. The SMILES string of the molecule is CCCc1cc2c3c(cnc2[nH]1)CN(c1c(F)c(OC)cc(OC)c1F)C(=O)N3C. The maximum absolute atomic E-state index is 15.0. The molecule has 30 heavy (non-hydrogen) atoms. The number of pyridine rings is 1. The highest BCUT2D eigenvalue weighted by molar-refractivity contribution is 6.11. The number of H-pyrrole nitrogens is 1. The van der Waals surface area contributed by atoms with Crippen LogP contribution < -0.4 is 19.3 Å². The summed E-state index contributed by atoms with van der Waals surface area (Å²) in [6.45, 7) is 2.04. The first-order chi connectivity index (χ1) is 14.4. The number of anilines is 2. The number of aryl methyl sites for hydroxylation is 1. The molecule has 3 heterocycles. The van der Waals surface area contributed by atoms with E-state index in [9.17, 15) is 13.6 Å². The first-order valence-corrected chi connectivity index (χ1v) is 9.55. The van der Waals surface area contributed by atoms with Crippen molar-refractivity contribution in [3.63, 3.8) is 0 Å². The number of aromatic nitrogens is 2. The molecule has 0 atom stereocenters. The average Bonchev–Trinajstić information content (AvgIpc) is 3.14. The summed E-state index contributed by atoms with van der Waals surface area (Å²) >= 11 is 0. The van der Waals surface area contributed by atoms with Gasteiger partial charge in [-0.25, -0.2) is 18.6 Å². The molecule has 1 aromatic carbocycles. The topological polar surface area (TPSA) is 70.7 Å². The number of hydrogen-bond acceptors (Lipinski definition) is 4. The number of fused-ring (bicyclic) bond motifs is 3. The molecule has 1 aliphatic rings. The van der Waals surface area contributed by atoms with Crippen molar-refractivity contribution in [2.75, 3.05) is 31.1 Å². The minimum absolute atomic E-state index is 0.0418. The molecule has 4 rings (SSSR count). The van der Waals surface area contributed by atoms with Gasteiger partial charge >= 0.3 is 6.03 Å². The molecular weight excluding hydrogens is 394 g/mol. The molecule has 158 valence electrons. The van der Waals surface area contributed by atoms with E-state index >= 15 is 0 Å². The number of ether oxygens (including phenoxy) is 2. The van der Waals surface area contributed by atoms with Gasteiger partial charge in [-0.15, -0.1) is 0 Å². The van der Waals surface area contributed by atoms with Crippen LogP contribution >= 0.6 is 0 Å². The lowest BCUT2D eigenvalue weighted by atomic mass is 10.1. The molecule has 0 bridgehead atoms. The molecule has 0 unspecified atom stereocenters. The zero-order chi connectivity index (χ0) is 21.6. The van der Waals surface area contributed by atoms with Gasteiger partial charge < -0.3 is 14.5 Å². The fourth-order valence-electron chi connectivity index (χ4n) is 3.87. The van der Waals surface area contributed by atoms with Gasteiger partial charge in [0.25, 0.3) is 0 Å². The van der Waals surface area contributed by atoms with Crippen molar-refractivity contribution < 1.29 is 23.0 Å². The fourth-order valence-corrected chi connectivity index (χ4v) is 3.87. The molecule has 0 saturated heterocycles. The van der Waals surface area contributed by atoms with Crippen molar-refractivity contribution in [2.45, 2.75) is 26.3 Å². The highest BCUT2D eigenvalue weighted by atomic mass is 19.1. The van der Waals surface area contributed by atoms with Crippen LogP contribution in [-0.2, 0) is 13.0 Å². The maximum Gasteiger partial charge on any atom is 0.329 e. The van der Waals surface area contributed by atoms with Crippen LogP contribution in [0.4, 0.5) is 25.0 Å². The van der Waals surface area contributed by atoms with Crippen LogP contribution in [0.5, 0.6) is 11.5 Å². The van der Waals surface area contributed by atoms with Crippen LogP contribution in [0.1, 0.15) is 24.6 Å². The van der Waals surface area contributed by atoms with E-state index < -0.39 is 23.4 Å². The Kier molecular flexibility index (Phi) is 4.97. The summed E-state index contributed by atoms with van der Waals surface area (Å²) in [5.74, 6) is -2.37. The fraction of sp³-hybridized carbons (Fsp3) is 0.333. The van der Waals surface area contributed by atoms with E-state index in [0.29, 0.717) is 16.9 Å². The van der Waals surface area contributed by atoms with Crippen LogP contribution in [0.25, 0.3) is 11.0 Å². The van der Waals surface area contributed by atoms with Gasteiger partial charge in [0, 0.05) is 36.0 Å². The van der Waals surface area contributed by atoms with Crippen molar-refractivity contribution in [1.82, 2.24) is 9.97 Å². The molecule has 1 N–H and O–H groups in total. The molecule has 0 spiro atoms. The van der Waals surface area contributed by atoms with Crippen LogP contribution in [-0.4, -0.2) is 37.3 Å². The minimum Gasteiger partial charge on any atom is -0.493 e. The monoisotopic (exact) mass is 416 g/mol. The summed E-state index contributed by atoms with van der Waals surface area (Å²) in [4.78, 5) is 23.3. The largest absolute Gasteiger partial charge is 0.493 e. The number of rotatable bonds is 5. The number of aromatic amines is 1. The summed E-state index contributed by atoms with van der Waals surface area (Å²) in [6.07, 6.45) is 3.44. The molecule has 7 nitrogen and oxygen atoms in total. The van der Waals surface area contributed by atoms with E-state index in [1.165, 1.54) is 19.1 Å². The van der Waals surface area contributed by atoms with Gasteiger partial charge in [-0.3, -0.25) is 9.80 Å². The van der Waals surface area contributed by atoms with Gasteiger partial charge in [0.2, 0.25) is 0 Å². The Hall–Kier alpha value is -3.36. The molecule has 0 fully saturated rings. The standard InChI is InChI=1S/C21H22F2N4O3/c1-5-6-12-7-13-18-11(9-24-20(13)25-12)10-27(21(28)26(18)2)19-16(22)14(29-3)8-15(30-4)17(19)23/h7-9H,5-6,10H2,1-4H3,(H,24,25). The first-order valence-electron chi connectivity index (χ1n) is 9.55. The molecule has 9 heteroatoms. The van der Waals surface area contributed by atoms with Crippen molar-refractivity contribution in [3.8, 4) is 11.5 Å². The van der Waals surface area contributed by atoms with E-state index in [2.05, 4.69) is 16.9 Å². The average molecular weight is 416 g/mol. The van der Waals surface area contributed by atoms with E-state index in [1.807, 2.05) is 6.07 Å². The van der Waals surface area contributed by atoms with Gasteiger partial charge in [-0.05, 0) is 12.5 Å². The van der Waals surface area contributed by atoms with Crippen LogP contribution in [0, 0.1) is 11.6 Å². The normalized spacial score (nSPS) is 13.7. The van der Waals surface area contributed by atoms with E-state index in [-0.39, 0.29) is 18.0 Å². The second kappa shape index (κ2) is 7.47. The predicted octanol–water partition coefficient (Wildman–Crippen LogP) is 4.39. The summed E-state index contributed by atoms with van der Waals surface area (Å²) < 4.78 is 40.0. The first kappa shape index (κ1) is 19.9. The number of nitrogens with zero attached hydrogens (tertiary/aromatic N) is 3.